The van der Waals surface area contributed by atoms with Crippen LogP contribution in [0.25, 0.3) is 10.9 Å². The molecule has 0 spiro atoms. The van der Waals surface area contributed by atoms with E-state index in [0.29, 0.717) is 18.8 Å². The van der Waals surface area contributed by atoms with E-state index in [0.717, 1.165) is 16.5 Å². The number of aliphatic hydroxyl groups is 1. The minimum Gasteiger partial charge on any atom is -0.396 e. The number of rotatable bonds is 6. The fourth-order valence-electron chi connectivity index (χ4n) is 2.59. The summed E-state index contributed by atoms with van der Waals surface area (Å²) in [7, 11) is 0. The zero-order valence-corrected chi connectivity index (χ0v) is 12.9. The molecule has 114 valence electrons. The topological polar surface area (TPSA) is 65.1 Å². The van der Waals surface area contributed by atoms with Gasteiger partial charge < -0.3 is 15.4 Å². The fraction of sp³-hybridized carbons (Fsp3) is 0.471. The molecule has 0 bridgehead atoms. The van der Waals surface area contributed by atoms with Crippen LogP contribution in [0.4, 0.5) is 0 Å². The fourth-order valence-corrected chi connectivity index (χ4v) is 2.59. The van der Waals surface area contributed by atoms with Gasteiger partial charge in [0.15, 0.2) is 0 Å². The highest BCUT2D eigenvalue weighted by molar-refractivity contribution is 5.89. The average Bonchev–Trinajstić information content (AvgIpc) is 2.80. The summed E-state index contributed by atoms with van der Waals surface area (Å²) in [6, 6.07) is 6.21. The molecule has 4 nitrogen and oxygen atoms in total. The van der Waals surface area contributed by atoms with Gasteiger partial charge in [0.05, 0.1) is 6.42 Å². The molecule has 1 atom stereocenters. The van der Waals surface area contributed by atoms with Crippen molar-refractivity contribution in [1.82, 2.24) is 10.3 Å². The molecule has 1 aromatic carbocycles. The van der Waals surface area contributed by atoms with Gasteiger partial charge in [0.25, 0.3) is 0 Å². The molecule has 2 rings (SSSR count). The molecule has 0 aliphatic carbocycles. The normalized spacial score (nSPS) is 12.8. The minimum absolute atomic E-state index is 0.00336. The maximum Gasteiger partial charge on any atom is 0.224 e. The summed E-state index contributed by atoms with van der Waals surface area (Å²) >= 11 is 0. The van der Waals surface area contributed by atoms with Crippen molar-refractivity contribution in [1.29, 1.82) is 0 Å². The van der Waals surface area contributed by atoms with Crippen LogP contribution in [0.15, 0.2) is 24.4 Å². The number of aryl methyl sites for hydroxylation is 1. The number of benzene rings is 1. The first-order valence-corrected chi connectivity index (χ1v) is 7.48. The van der Waals surface area contributed by atoms with E-state index in [1.54, 1.807) is 0 Å². The van der Waals surface area contributed by atoms with E-state index < -0.39 is 0 Å². The van der Waals surface area contributed by atoms with Crippen molar-refractivity contribution in [3.8, 4) is 0 Å². The maximum absolute atomic E-state index is 12.2. The van der Waals surface area contributed by atoms with E-state index in [2.05, 4.69) is 49.3 Å². The van der Waals surface area contributed by atoms with Gasteiger partial charge in [0, 0.05) is 29.7 Å². The van der Waals surface area contributed by atoms with Crippen molar-refractivity contribution in [3.63, 3.8) is 0 Å². The van der Waals surface area contributed by atoms with Gasteiger partial charge >= 0.3 is 0 Å². The third-order valence-electron chi connectivity index (χ3n) is 3.87. The molecular formula is C17H24N2O2. The molecule has 0 aliphatic rings. The highest BCUT2D eigenvalue weighted by Gasteiger charge is 2.16. The van der Waals surface area contributed by atoms with E-state index in [-0.39, 0.29) is 18.6 Å². The molecule has 1 aromatic heterocycles. The molecule has 0 fully saturated rings. The summed E-state index contributed by atoms with van der Waals surface area (Å²) in [6.07, 6.45) is 2.86. The number of aliphatic hydroxyl groups excluding tert-OH is 1. The number of hydrogen-bond donors (Lipinski definition) is 3. The zero-order valence-electron chi connectivity index (χ0n) is 12.9. The monoisotopic (exact) mass is 288 g/mol. The predicted molar refractivity (Wildman–Crippen MR) is 85.2 cm³/mol. The van der Waals surface area contributed by atoms with Gasteiger partial charge in [0.2, 0.25) is 5.91 Å². The van der Waals surface area contributed by atoms with Crippen LogP contribution in [-0.2, 0) is 11.2 Å². The van der Waals surface area contributed by atoms with E-state index in [9.17, 15) is 4.79 Å². The summed E-state index contributed by atoms with van der Waals surface area (Å²) in [5, 5.41) is 13.2. The predicted octanol–water partition coefficient (Wildman–Crippen LogP) is 2.54. The van der Waals surface area contributed by atoms with Crippen molar-refractivity contribution < 1.29 is 9.90 Å². The Bertz CT molecular complexity index is 616. The van der Waals surface area contributed by atoms with Crippen LogP contribution in [0.5, 0.6) is 0 Å². The SMILES string of the molecule is Cc1ccc2c(CC(=O)NC(CCO)C(C)C)c[nH]c2c1. The molecule has 21 heavy (non-hydrogen) atoms. The highest BCUT2D eigenvalue weighted by Crippen LogP contribution is 2.20. The highest BCUT2D eigenvalue weighted by atomic mass is 16.3. The lowest BCUT2D eigenvalue weighted by atomic mass is 10.0. The number of carbonyl (C=O) groups excluding carboxylic acids is 1. The summed E-state index contributed by atoms with van der Waals surface area (Å²) in [6.45, 7) is 6.24. The summed E-state index contributed by atoms with van der Waals surface area (Å²) in [5.74, 6) is 0.315. The summed E-state index contributed by atoms with van der Waals surface area (Å²) in [4.78, 5) is 15.4. The minimum atomic E-state index is 0.00336. The number of aromatic amines is 1. The van der Waals surface area contributed by atoms with E-state index in [4.69, 9.17) is 5.11 Å². The van der Waals surface area contributed by atoms with Crippen LogP contribution in [0.1, 0.15) is 31.4 Å². The molecule has 0 radical (unpaired) electrons. The Morgan fingerprint density at radius 3 is 2.81 bits per heavy atom. The Kier molecular flexibility index (Phi) is 5.02. The second-order valence-corrected chi connectivity index (χ2v) is 5.97. The summed E-state index contributed by atoms with van der Waals surface area (Å²) < 4.78 is 0. The van der Waals surface area contributed by atoms with Crippen LogP contribution in [0.3, 0.4) is 0 Å². The molecule has 3 N–H and O–H groups in total. The lowest BCUT2D eigenvalue weighted by molar-refractivity contribution is -0.121. The molecule has 1 amide bonds. The van der Waals surface area contributed by atoms with Crippen LogP contribution >= 0.6 is 0 Å². The van der Waals surface area contributed by atoms with Gasteiger partial charge in [-0.25, -0.2) is 0 Å². The van der Waals surface area contributed by atoms with Gasteiger partial charge in [-0.05, 0) is 36.5 Å². The van der Waals surface area contributed by atoms with Crippen LogP contribution in [0.2, 0.25) is 0 Å². The Labute approximate surface area is 125 Å². The first-order valence-electron chi connectivity index (χ1n) is 7.48. The molecule has 1 unspecified atom stereocenters. The molecule has 1 heterocycles. The Morgan fingerprint density at radius 1 is 1.38 bits per heavy atom. The van der Waals surface area contributed by atoms with Gasteiger partial charge in [0.1, 0.15) is 0 Å². The van der Waals surface area contributed by atoms with Crippen molar-refractivity contribution in [2.45, 2.75) is 39.7 Å². The van der Waals surface area contributed by atoms with Crippen LogP contribution in [0, 0.1) is 12.8 Å². The zero-order chi connectivity index (χ0) is 15.4. The van der Waals surface area contributed by atoms with Crippen molar-refractivity contribution >= 4 is 16.8 Å². The Balaban J connectivity index is 2.07. The number of fused-ring (bicyclic) bond motifs is 1. The Hall–Kier alpha value is -1.81. The molecule has 0 saturated carbocycles. The number of carbonyl (C=O) groups is 1. The van der Waals surface area contributed by atoms with Gasteiger partial charge in [-0.2, -0.15) is 0 Å². The molecule has 0 aliphatic heterocycles. The van der Waals surface area contributed by atoms with Crippen LogP contribution < -0.4 is 5.32 Å². The number of hydrogen-bond acceptors (Lipinski definition) is 2. The standard InChI is InChI=1S/C17H24N2O2/c1-11(2)15(6-7-20)19-17(21)9-13-10-18-16-8-12(3)4-5-14(13)16/h4-5,8,10-11,15,18,20H,6-7,9H2,1-3H3,(H,19,21). The number of nitrogens with one attached hydrogen (secondary N) is 2. The third-order valence-corrected chi connectivity index (χ3v) is 3.87. The smallest absolute Gasteiger partial charge is 0.224 e. The lowest BCUT2D eigenvalue weighted by Crippen LogP contribution is -2.39. The quantitative estimate of drug-likeness (QED) is 0.765. The molecular weight excluding hydrogens is 264 g/mol. The molecule has 2 aromatic rings. The number of H-pyrrole nitrogens is 1. The lowest BCUT2D eigenvalue weighted by Gasteiger charge is -2.21. The van der Waals surface area contributed by atoms with E-state index in [1.807, 2.05) is 6.20 Å². The third kappa shape index (κ3) is 3.85. The van der Waals surface area contributed by atoms with E-state index >= 15 is 0 Å². The van der Waals surface area contributed by atoms with Crippen LogP contribution in [-0.4, -0.2) is 28.6 Å². The van der Waals surface area contributed by atoms with E-state index in [1.165, 1.54) is 5.56 Å². The van der Waals surface area contributed by atoms with Crippen molar-refractivity contribution in [2.75, 3.05) is 6.61 Å². The van der Waals surface area contributed by atoms with Crippen molar-refractivity contribution in [3.05, 3.63) is 35.5 Å². The first-order chi connectivity index (χ1) is 10.0. The van der Waals surface area contributed by atoms with Gasteiger partial charge in [-0.1, -0.05) is 26.0 Å². The average molecular weight is 288 g/mol. The Morgan fingerprint density at radius 2 is 2.14 bits per heavy atom. The second kappa shape index (κ2) is 6.76. The molecule has 0 saturated heterocycles. The molecule has 4 heteroatoms. The number of aromatic nitrogens is 1. The maximum atomic E-state index is 12.2. The van der Waals surface area contributed by atoms with Crippen molar-refractivity contribution in [2.24, 2.45) is 5.92 Å². The number of amides is 1. The second-order valence-electron chi connectivity index (χ2n) is 5.97. The van der Waals surface area contributed by atoms with Gasteiger partial charge in [-0.3, -0.25) is 4.79 Å². The van der Waals surface area contributed by atoms with Gasteiger partial charge in [-0.15, -0.1) is 0 Å². The summed E-state index contributed by atoms with van der Waals surface area (Å²) in [5.41, 5.74) is 3.27. The first kappa shape index (κ1) is 15.6. The largest absolute Gasteiger partial charge is 0.396 e.